The van der Waals surface area contributed by atoms with Gasteiger partial charge in [-0.1, -0.05) is 76.6 Å². The van der Waals surface area contributed by atoms with Crippen molar-refractivity contribution < 1.29 is 47.6 Å². The molecule has 0 amide bonds. The maximum Gasteiger partial charge on any atom is 0.303 e. The number of ether oxygens (including phenoxy) is 6. The van der Waals surface area contributed by atoms with Gasteiger partial charge < -0.3 is 28.4 Å². The van der Waals surface area contributed by atoms with E-state index in [4.69, 9.17) is 28.4 Å². The van der Waals surface area contributed by atoms with Gasteiger partial charge in [-0.25, -0.2) is 0 Å². The zero-order valence-electron chi connectivity index (χ0n) is 32.8. The standard InChI is InChI=1S/C42H62O10/c1-24(2)25(3)13-14-27(5)35-19-20-36-32(12-11-21-42(35,36)10)16-17-33-22-34(18-15-26(33)4)51-41-40(50-31(9)46)39(49-30(8)45)38(48-29(7)44)37(52-41)23-47-28(6)43/h13-14,16-17,24-25,27,34-41H,4,11-12,15,18-23H2,1-3,5-10H3/b14-13+,32-16+,33-17-/t25-,27+,34-,35+,36-,37+,38+,39-,40+,41+,42+/m0/s1. The van der Waals surface area contributed by atoms with E-state index >= 15 is 0 Å². The molecule has 4 rings (SSSR count). The number of fused-ring (bicyclic) bond motifs is 1. The zero-order valence-corrected chi connectivity index (χ0v) is 32.8. The first-order valence-electron chi connectivity index (χ1n) is 19.2. The molecule has 4 aliphatic rings. The fourth-order valence-corrected chi connectivity index (χ4v) is 8.84. The van der Waals surface area contributed by atoms with E-state index in [1.54, 1.807) is 0 Å². The van der Waals surface area contributed by atoms with Crippen molar-refractivity contribution in [2.24, 2.45) is 35.0 Å². The second-order valence-corrected chi connectivity index (χ2v) is 16.0. The normalized spacial score (nSPS) is 34.9. The molecule has 10 heteroatoms. The summed E-state index contributed by atoms with van der Waals surface area (Å²) in [4.78, 5) is 48.4. The van der Waals surface area contributed by atoms with Gasteiger partial charge in [0, 0.05) is 27.7 Å². The van der Waals surface area contributed by atoms with E-state index in [9.17, 15) is 19.2 Å². The summed E-state index contributed by atoms with van der Waals surface area (Å²) in [6.07, 6.45) is 11.0. The van der Waals surface area contributed by atoms with Crippen LogP contribution in [0.5, 0.6) is 0 Å². The quantitative estimate of drug-likeness (QED) is 0.112. The number of esters is 4. The predicted molar refractivity (Wildman–Crippen MR) is 196 cm³/mol. The van der Waals surface area contributed by atoms with Crippen molar-refractivity contribution in [2.45, 2.75) is 150 Å². The fraction of sp³-hybridized carbons (Fsp3) is 0.714. The maximum absolute atomic E-state index is 12.3. The lowest BCUT2D eigenvalue weighted by atomic mass is 9.61. The van der Waals surface area contributed by atoms with E-state index in [-0.39, 0.29) is 18.1 Å². The van der Waals surface area contributed by atoms with Gasteiger partial charge in [-0.3, -0.25) is 19.2 Å². The number of rotatable bonds is 12. The van der Waals surface area contributed by atoms with Crippen LogP contribution in [0.3, 0.4) is 0 Å². The Morgan fingerprint density at radius 2 is 1.50 bits per heavy atom. The minimum Gasteiger partial charge on any atom is -0.463 e. The molecular weight excluding hydrogens is 664 g/mol. The van der Waals surface area contributed by atoms with Crippen LogP contribution in [0.25, 0.3) is 0 Å². The molecule has 11 atom stereocenters. The second-order valence-electron chi connectivity index (χ2n) is 16.0. The molecule has 0 aromatic heterocycles. The van der Waals surface area contributed by atoms with Crippen LogP contribution in [0, 0.1) is 35.0 Å². The molecule has 0 N–H and O–H groups in total. The third-order valence-electron chi connectivity index (χ3n) is 11.9. The highest BCUT2D eigenvalue weighted by atomic mass is 16.7. The highest BCUT2D eigenvalue weighted by Gasteiger charge is 2.54. The SMILES string of the molecule is C=C1CC[C@H](O[C@@H]2O[C@H](COC(C)=O)[C@@H](OC(C)=O)[C@H](OC(C)=O)[C@H]2OC(C)=O)C/C1=C/C=C1\CCC[C@]2(C)[C@@H]([C@H](C)/C=C/[C@H](C)C(C)C)CC[C@@H]12. The molecule has 3 saturated carbocycles. The van der Waals surface area contributed by atoms with Gasteiger partial charge >= 0.3 is 23.9 Å². The molecule has 1 heterocycles. The molecule has 1 aliphatic heterocycles. The summed E-state index contributed by atoms with van der Waals surface area (Å²) >= 11 is 0. The van der Waals surface area contributed by atoms with Gasteiger partial charge in [-0.2, -0.15) is 0 Å². The van der Waals surface area contributed by atoms with Crippen LogP contribution in [0.1, 0.15) is 114 Å². The average molecular weight is 727 g/mol. The first-order chi connectivity index (χ1) is 24.5. The number of hydrogen-bond donors (Lipinski definition) is 0. The third kappa shape index (κ3) is 10.5. The number of carbonyl (C=O) groups is 4. The Balaban J connectivity index is 1.54. The molecule has 0 unspecified atom stereocenters. The van der Waals surface area contributed by atoms with Crippen LogP contribution in [-0.4, -0.2) is 67.3 Å². The molecule has 4 fully saturated rings. The fourth-order valence-electron chi connectivity index (χ4n) is 8.84. The Hall–Kier alpha value is -3.24. The van der Waals surface area contributed by atoms with Gasteiger partial charge in [-0.05, 0) is 91.9 Å². The van der Waals surface area contributed by atoms with Gasteiger partial charge in [0.2, 0.25) is 0 Å². The predicted octanol–water partition coefficient (Wildman–Crippen LogP) is 7.75. The topological polar surface area (TPSA) is 124 Å². The van der Waals surface area contributed by atoms with Gasteiger partial charge in [0.1, 0.15) is 12.7 Å². The van der Waals surface area contributed by atoms with Gasteiger partial charge in [0.15, 0.2) is 24.6 Å². The summed E-state index contributed by atoms with van der Waals surface area (Å²) in [7, 11) is 0. The summed E-state index contributed by atoms with van der Waals surface area (Å²) in [5, 5.41) is 0. The molecule has 52 heavy (non-hydrogen) atoms. The largest absolute Gasteiger partial charge is 0.463 e. The molecule has 0 radical (unpaired) electrons. The average Bonchev–Trinajstić information content (AvgIpc) is 3.42. The lowest BCUT2D eigenvalue weighted by molar-refractivity contribution is -0.317. The molecule has 1 saturated heterocycles. The highest BCUT2D eigenvalue weighted by Crippen LogP contribution is 2.59. The minimum atomic E-state index is -1.27. The second kappa shape index (κ2) is 18.2. The van der Waals surface area contributed by atoms with Crippen molar-refractivity contribution in [3.05, 3.63) is 47.6 Å². The Morgan fingerprint density at radius 3 is 2.13 bits per heavy atom. The lowest BCUT2D eigenvalue weighted by Crippen LogP contribution is -2.63. The third-order valence-corrected chi connectivity index (χ3v) is 11.9. The molecule has 10 nitrogen and oxygen atoms in total. The van der Waals surface area contributed by atoms with Gasteiger partial charge in [0.25, 0.3) is 0 Å². The van der Waals surface area contributed by atoms with Gasteiger partial charge in [-0.15, -0.1) is 0 Å². The maximum atomic E-state index is 12.3. The molecule has 0 spiro atoms. The molecule has 0 aromatic rings. The molecule has 290 valence electrons. The van der Waals surface area contributed by atoms with Crippen molar-refractivity contribution in [1.82, 2.24) is 0 Å². The van der Waals surface area contributed by atoms with Crippen LogP contribution in [-0.2, 0) is 47.6 Å². The highest BCUT2D eigenvalue weighted by molar-refractivity contribution is 5.68. The first kappa shape index (κ1) is 41.5. The monoisotopic (exact) mass is 726 g/mol. The van der Waals surface area contributed by atoms with E-state index in [0.29, 0.717) is 48.9 Å². The van der Waals surface area contributed by atoms with E-state index in [0.717, 1.165) is 17.6 Å². The van der Waals surface area contributed by atoms with E-state index in [2.05, 4.69) is 65.5 Å². The van der Waals surface area contributed by atoms with Crippen molar-refractivity contribution >= 4 is 23.9 Å². The van der Waals surface area contributed by atoms with Crippen LogP contribution < -0.4 is 0 Å². The summed E-state index contributed by atoms with van der Waals surface area (Å²) in [5.41, 5.74) is 3.94. The lowest BCUT2D eigenvalue weighted by Gasteiger charge is -2.45. The number of carbonyl (C=O) groups excluding carboxylic acids is 4. The van der Waals surface area contributed by atoms with Crippen molar-refractivity contribution in [3.8, 4) is 0 Å². The van der Waals surface area contributed by atoms with Crippen LogP contribution in [0.15, 0.2) is 47.6 Å². The summed E-state index contributed by atoms with van der Waals surface area (Å²) in [5.74, 6) is 0.382. The summed E-state index contributed by atoms with van der Waals surface area (Å²) < 4.78 is 34.7. The summed E-state index contributed by atoms with van der Waals surface area (Å²) in [6, 6.07) is 0. The smallest absolute Gasteiger partial charge is 0.303 e. The summed E-state index contributed by atoms with van der Waals surface area (Å²) in [6.45, 7) is 20.7. The van der Waals surface area contributed by atoms with Crippen molar-refractivity contribution in [1.29, 1.82) is 0 Å². The van der Waals surface area contributed by atoms with E-state index in [1.807, 2.05) is 0 Å². The number of allylic oxidation sites excluding steroid dienone is 6. The van der Waals surface area contributed by atoms with E-state index < -0.39 is 54.6 Å². The Labute approximate surface area is 310 Å². The first-order valence-corrected chi connectivity index (χ1v) is 19.2. The molecule has 3 aliphatic carbocycles. The van der Waals surface area contributed by atoms with Gasteiger partial charge in [0.05, 0.1) is 6.10 Å². The molecule has 0 bridgehead atoms. The Bertz CT molecular complexity index is 1410. The van der Waals surface area contributed by atoms with Crippen molar-refractivity contribution in [2.75, 3.05) is 6.61 Å². The van der Waals surface area contributed by atoms with Crippen LogP contribution in [0.2, 0.25) is 0 Å². The Morgan fingerprint density at radius 1 is 0.846 bits per heavy atom. The molecular formula is C42H62O10. The van der Waals surface area contributed by atoms with E-state index in [1.165, 1.54) is 59.0 Å². The zero-order chi connectivity index (χ0) is 38.3. The van der Waals surface area contributed by atoms with Crippen molar-refractivity contribution in [3.63, 3.8) is 0 Å². The van der Waals surface area contributed by atoms with Crippen LogP contribution in [0.4, 0.5) is 0 Å². The van der Waals surface area contributed by atoms with Crippen LogP contribution >= 0.6 is 0 Å². The number of hydrogen-bond acceptors (Lipinski definition) is 10. The Kier molecular flexibility index (Phi) is 14.5. The molecule has 0 aromatic carbocycles. The minimum absolute atomic E-state index is 0.276.